The zero-order chi connectivity index (χ0) is 65.9. The van der Waals surface area contributed by atoms with Crippen LogP contribution in [0.5, 0.6) is 23.0 Å². The van der Waals surface area contributed by atoms with Gasteiger partial charge in [-0.2, -0.15) is 0 Å². The lowest BCUT2D eigenvalue weighted by molar-refractivity contribution is -0.128. The molecule has 93 heavy (non-hydrogen) atoms. The van der Waals surface area contributed by atoms with Crippen LogP contribution in [0.1, 0.15) is 159 Å². The molecule has 2 saturated heterocycles. The molecule has 4 aliphatic rings. The van der Waals surface area contributed by atoms with E-state index in [-0.39, 0.29) is 41.5 Å². The lowest BCUT2D eigenvalue weighted by Gasteiger charge is -2.39. The lowest BCUT2D eigenvalue weighted by Crippen LogP contribution is -2.47. The Balaban J connectivity index is 0.000000203. The molecule has 6 aromatic carbocycles. The maximum atomic E-state index is 14.3. The van der Waals surface area contributed by atoms with Crippen LogP contribution in [0, 0.1) is 5.41 Å². The minimum absolute atomic E-state index is 0.0428. The van der Waals surface area contributed by atoms with Gasteiger partial charge in [0.15, 0.2) is 23.0 Å². The lowest BCUT2D eigenvalue weighted by atomic mass is 9.95. The molecule has 2 fully saturated rings. The molecule has 11 rings (SSSR count). The predicted molar refractivity (Wildman–Crippen MR) is 358 cm³/mol. The second-order valence-electron chi connectivity index (χ2n) is 24.9. The van der Waals surface area contributed by atoms with E-state index in [9.17, 15) is 28.8 Å². The summed E-state index contributed by atoms with van der Waals surface area (Å²) in [5.74, 6) is 0.595. The third kappa shape index (κ3) is 14.6. The van der Waals surface area contributed by atoms with Crippen molar-refractivity contribution in [3.8, 4) is 23.0 Å². The number of piperazine rings is 2. The SMILES string of the molecule is COc1ccc([C@@H](CCCNC(=O)C(C)(C)C)N2C(=O)c3cccc(N4CCN([C@H](C)c5ccccc5)CC4)c3C2=O)cc1OC.COc1ccc([C@@H](CCCNC(=O)c2ccoc2)N2C(=O)c3cccc(N4CCN([C@H](C)c5ccccc5)CC4)c3C2=O)cc1OC. The number of nitrogens with zero attached hydrogens (tertiary/aromatic N) is 6. The smallest absolute Gasteiger partial charge is 0.264 e. The van der Waals surface area contributed by atoms with Crippen molar-refractivity contribution in [1.82, 2.24) is 30.2 Å². The molecule has 19 nitrogen and oxygen atoms in total. The van der Waals surface area contributed by atoms with Crippen molar-refractivity contribution in [3.63, 3.8) is 0 Å². The molecule has 0 bridgehead atoms. The number of amides is 6. The highest BCUT2D eigenvalue weighted by Crippen LogP contribution is 2.43. The Morgan fingerprint density at radius 1 is 0.484 bits per heavy atom. The van der Waals surface area contributed by atoms with Crippen LogP contribution < -0.4 is 39.4 Å². The fraction of sp³-hybridized carbons (Fsp3) is 0.378. The summed E-state index contributed by atoms with van der Waals surface area (Å²) < 4.78 is 27.0. The van der Waals surface area contributed by atoms with Gasteiger partial charge in [0.05, 0.1) is 86.0 Å². The van der Waals surface area contributed by atoms with Gasteiger partial charge in [-0.25, -0.2) is 0 Å². The summed E-state index contributed by atoms with van der Waals surface area (Å²) in [7, 11) is 6.25. The van der Waals surface area contributed by atoms with E-state index >= 15 is 0 Å². The Morgan fingerprint density at radius 3 is 1.29 bits per heavy atom. The number of methoxy groups -OCH3 is 4. The molecule has 5 heterocycles. The number of fused-ring (bicyclic) bond motifs is 2. The summed E-state index contributed by atoms with van der Waals surface area (Å²) in [4.78, 5) is 93.9. The normalized spacial score (nSPS) is 16.4. The first-order valence-corrected chi connectivity index (χ1v) is 32.1. The second-order valence-corrected chi connectivity index (χ2v) is 24.9. The van der Waals surface area contributed by atoms with Gasteiger partial charge >= 0.3 is 0 Å². The Hall–Kier alpha value is -9.46. The van der Waals surface area contributed by atoms with Crippen LogP contribution in [0.25, 0.3) is 0 Å². The van der Waals surface area contributed by atoms with Crippen molar-refractivity contribution in [2.24, 2.45) is 5.41 Å². The van der Waals surface area contributed by atoms with E-state index in [0.29, 0.717) is 95.6 Å². The topological polar surface area (TPSA) is 196 Å². The summed E-state index contributed by atoms with van der Waals surface area (Å²) in [5, 5.41) is 5.89. The second kappa shape index (κ2) is 29.9. The van der Waals surface area contributed by atoms with Crippen molar-refractivity contribution in [2.45, 2.75) is 84.5 Å². The van der Waals surface area contributed by atoms with Gasteiger partial charge in [0.1, 0.15) is 6.26 Å². The summed E-state index contributed by atoms with van der Waals surface area (Å²) >= 11 is 0. The minimum Gasteiger partial charge on any atom is -0.493 e. The third-order valence-corrected chi connectivity index (χ3v) is 18.4. The number of furan rings is 1. The number of anilines is 2. The van der Waals surface area contributed by atoms with Crippen molar-refractivity contribution in [1.29, 1.82) is 0 Å². The van der Waals surface area contributed by atoms with Gasteiger partial charge in [-0.05, 0) is 116 Å². The van der Waals surface area contributed by atoms with Gasteiger partial charge in [0.25, 0.3) is 29.5 Å². The molecule has 488 valence electrons. The Labute approximate surface area is 545 Å². The van der Waals surface area contributed by atoms with Gasteiger partial charge in [-0.1, -0.05) is 106 Å². The Morgan fingerprint density at radius 2 is 0.903 bits per heavy atom. The maximum Gasteiger partial charge on any atom is 0.264 e. The fourth-order valence-electron chi connectivity index (χ4n) is 13.0. The highest BCUT2D eigenvalue weighted by atomic mass is 16.5. The third-order valence-electron chi connectivity index (χ3n) is 18.4. The van der Waals surface area contributed by atoms with Gasteiger partial charge in [-0.3, -0.25) is 48.4 Å². The molecule has 4 aliphatic heterocycles. The predicted octanol–water partition coefficient (Wildman–Crippen LogP) is 11.6. The fourth-order valence-corrected chi connectivity index (χ4v) is 13.0. The Bertz CT molecular complexity index is 3760. The number of nitrogens with one attached hydrogen (secondary N) is 2. The number of hydrogen-bond acceptors (Lipinski definition) is 15. The van der Waals surface area contributed by atoms with E-state index in [4.69, 9.17) is 23.4 Å². The molecule has 0 unspecified atom stereocenters. The van der Waals surface area contributed by atoms with Gasteiger partial charge in [0.2, 0.25) is 5.91 Å². The van der Waals surface area contributed by atoms with Crippen LogP contribution in [0.4, 0.5) is 11.4 Å². The molecular weight excluding hydrogens is 1180 g/mol. The van der Waals surface area contributed by atoms with E-state index in [1.165, 1.54) is 33.5 Å². The molecule has 7 aromatic rings. The van der Waals surface area contributed by atoms with Crippen LogP contribution in [0.15, 0.2) is 156 Å². The summed E-state index contributed by atoms with van der Waals surface area (Å²) in [6, 6.07) is 44.0. The number of hydrogen-bond donors (Lipinski definition) is 2. The quantitative estimate of drug-likeness (QED) is 0.0453. The molecule has 0 saturated carbocycles. The molecule has 0 aliphatic carbocycles. The van der Waals surface area contributed by atoms with Crippen LogP contribution >= 0.6 is 0 Å². The van der Waals surface area contributed by atoms with Crippen LogP contribution in [-0.2, 0) is 4.79 Å². The van der Waals surface area contributed by atoms with E-state index in [1.54, 1.807) is 58.8 Å². The zero-order valence-corrected chi connectivity index (χ0v) is 54.8. The monoisotopic (exact) mass is 1260 g/mol. The van der Waals surface area contributed by atoms with Gasteiger partial charge in [0, 0.05) is 82.9 Å². The number of ether oxygens (including phenoxy) is 4. The highest BCUT2D eigenvalue weighted by molar-refractivity contribution is 6.25. The number of benzene rings is 6. The van der Waals surface area contributed by atoms with E-state index in [1.807, 2.05) is 81.4 Å². The first-order valence-electron chi connectivity index (χ1n) is 32.1. The number of carbonyl (C=O) groups is 6. The van der Waals surface area contributed by atoms with E-state index < -0.39 is 17.5 Å². The van der Waals surface area contributed by atoms with Crippen LogP contribution in [0.3, 0.4) is 0 Å². The van der Waals surface area contributed by atoms with Crippen LogP contribution in [-0.4, -0.2) is 149 Å². The number of carbonyl (C=O) groups excluding carboxylic acids is 6. The van der Waals surface area contributed by atoms with Crippen molar-refractivity contribution < 1.29 is 52.1 Å². The molecule has 19 heteroatoms. The molecule has 0 spiro atoms. The van der Waals surface area contributed by atoms with Crippen molar-refractivity contribution in [3.05, 3.63) is 202 Å². The molecule has 4 atom stereocenters. The standard InChI is InChI=1S/C37H40N4O6.C37H46N4O5/c1-25(26-9-5-4-6-10-26)39-18-20-40(21-19-39)31-12-7-11-29-34(31)37(44)41(36(29)43)30(27-14-15-32(45-2)33(23-27)46-3)13-8-17-38-35(42)28-16-22-47-24-28;1-25(26-12-8-7-9-13-26)39-20-22-40(23-21-39)30-15-10-14-28-33(30)35(43)41(34(28)42)29(16-11-19-38-36(44)37(2,3)4)27-17-18-31(45-5)32(24-27)46-6/h4-7,9-12,14-16,22-25,30H,8,13,17-21H2,1-3H3,(H,38,42);7-10,12-15,17-18,24-25,29H,11,16,19-23H2,1-6H3,(H,38,44)/t25-,30-;25-,29-/m11/s1. The Kier molecular flexibility index (Phi) is 21.3. The zero-order valence-electron chi connectivity index (χ0n) is 54.8. The summed E-state index contributed by atoms with van der Waals surface area (Å²) in [6.07, 6.45) is 4.83. The van der Waals surface area contributed by atoms with Crippen LogP contribution in [0.2, 0.25) is 0 Å². The first kappa shape index (κ1) is 66.5. The molecule has 1 aromatic heterocycles. The summed E-state index contributed by atoms with van der Waals surface area (Å²) in [5.41, 5.74) is 7.32. The van der Waals surface area contributed by atoms with Gasteiger partial charge < -0.3 is 43.8 Å². The molecular formula is C74H86N8O11. The molecule has 0 radical (unpaired) electrons. The van der Waals surface area contributed by atoms with E-state index in [0.717, 1.165) is 74.9 Å². The van der Waals surface area contributed by atoms with Crippen molar-refractivity contribution in [2.75, 3.05) is 104 Å². The maximum absolute atomic E-state index is 14.3. The largest absolute Gasteiger partial charge is 0.493 e. The van der Waals surface area contributed by atoms with Gasteiger partial charge in [-0.15, -0.1) is 0 Å². The van der Waals surface area contributed by atoms with E-state index in [2.05, 4.69) is 92.6 Å². The number of rotatable bonds is 23. The minimum atomic E-state index is -0.593. The highest BCUT2D eigenvalue weighted by Gasteiger charge is 2.45. The molecule has 2 N–H and O–H groups in total. The van der Waals surface area contributed by atoms with Crippen molar-refractivity contribution >= 4 is 46.8 Å². The average Bonchev–Trinajstić information content (AvgIpc) is 1.61. The summed E-state index contributed by atoms with van der Waals surface area (Å²) in [6.45, 7) is 17.2. The average molecular weight is 1260 g/mol. The number of imide groups is 2. The first-order chi connectivity index (χ1) is 44.9. The molecule has 6 amide bonds.